The van der Waals surface area contributed by atoms with Crippen LogP contribution in [0.25, 0.3) is 0 Å². The molecule has 3 amide bonds. The molecule has 1 aromatic rings. The van der Waals surface area contributed by atoms with Crippen LogP contribution in [0, 0.1) is 0 Å². The molecule has 0 aromatic heterocycles. The standard InChI is InChI=1S/C17H20N4O3/c18-11-6-12(11)19-7-9-2-1-3-10-8-21(17(24)15(9)10)13-4-5-14(22)20-16(13)23/h1-3,11-13,19H,4-8,18H2,(H,20,22,23). The lowest BCUT2D eigenvalue weighted by Gasteiger charge is -2.29. The van der Waals surface area contributed by atoms with Crippen LogP contribution in [0.5, 0.6) is 0 Å². The molecule has 3 aliphatic rings. The second-order valence-electron chi connectivity index (χ2n) is 6.74. The third kappa shape index (κ3) is 2.59. The number of nitrogens with one attached hydrogen (secondary N) is 2. The van der Waals surface area contributed by atoms with Crippen LogP contribution in [0.15, 0.2) is 18.2 Å². The van der Waals surface area contributed by atoms with Crippen LogP contribution in [0.4, 0.5) is 0 Å². The first-order valence-corrected chi connectivity index (χ1v) is 8.29. The van der Waals surface area contributed by atoms with Crippen LogP contribution in [-0.4, -0.2) is 40.7 Å². The molecule has 7 nitrogen and oxygen atoms in total. The van der Waals surface area contributed by atoms with E-state index in [4.69, 9.17) is 5.73 Å². The van der Waals surface area contributed by atoms with Crippen LogP contribution in [-0.2, 0) is 22.7 Å². The second kappa shape index (κ2) is 5.68. The maximum Gasteiger partial charge on any atom is 0.255 e. The fraction of sp³-hybridized carbons (Fsp3) is 0.471. The summed E-state index contributed by atoms with van der Waals surface area (Å²) < 4.78 is 0. The molecule has 0 spiro atoms. The Morgan fingerprint density at radius 1 is 1.29 bits per heavy atom. The van der Waals surface area contributed by atoms with E-state index in [0.29, 0.717) is 31.1 Å². The van der Waals surface area contributed by atoms with Gasteiger partial charge in [0.25, 0.3) is 5.91 Å². The zero-order valence-electron chi connectivity index (χ0n) is 13.2. The largest absolute Gasteiger partial charge is 0.326 e. The fourth-order valence-corrected chi connectivity index (χ4v) is 3.53. The predicted molar refractivity (Wildman–Crippen MR) is 85.7 cm³/mol. The van der Waals surface area contributed by atoms with Gasteiger partial charge in [0.2, 0.25) is 11.8 Å². The number of hydrogen-bond acceptors (Lipinski definition) is 5. The van der Waals surface area contributed by atoms with Gasteiger partial charge in [0, 0.05) is 37.2 Å². The molecule has 3 unspecified atom stereocenters. The van der Waals surface area contributed by atoms with Crippen LogP contribution >= 0.6 is 0 Å². The van der Waals surface area contributed by atoms with Crippen molar-refractivity contribution in [2.45, 2.75) is 50.5 Å². The molecule has 1 aromatic carbocycles. The van der Waals surface area contributed by atoms with Crippen molar-refractivity contribution in [3.05, 3.63) is 34.9 Å². The van der Waals surface area contributed by atoms with Crippen molar-refractivity contribution in [2.24, 2.45) is 5.73 Å². The van der Waals surface area contributed by atoms with Crippen molar-refractivity contribution < 1.29 is 14.4 Å². The molecular formula is C17H20N4O3. The number of imide groups is 1. The van der Waals surface area contributed by atoms with Gasteiger partial charge >= 0.3 is 0 Å². The number of carbonyl (C=O) groups excluding carboxylic acids is 3. The normalized spacial score (nSPS) is 28.8. The van der Waals surface area contributed by atoms with Gasteiger partial charge < -0.3 is 16.0 Å². The van der Waals surface area contributed by atoms with Crippen molar-refractivity contribution in [3.8, 4) is 0 Å². The van der Waals surface area contributed by atoms with Gasteiger partial charge in [-0.1, -0.05) is 18.2 Å². The summed E-state index contributed by atoms with van der Waals surface area (Å²) in [7, 11) is 0. The Hall–Kier alpha value is -2.25. The van der Waals surface area contributed by atoms with Gasteiger partial charge in [-0.2, -0.15) is 0 Å². The predicted octanol–water partition coefficient (Wildman–Crippen LogP) is -0.363. The number of fused-ring (bicyclic) bond motifs is 1. The quantitative estimate of drug-likeness (QED) is 0.655. The summed E-state index contributed by atoms with van der Waals surface area (Å²) in [6.45, 7) is 1.01. The maximum absolute atomic E-state index is 12.9. The van der Waals surface area contributed by atoms with Crippen molar-refractivity contribution >= 4 is 17.7 Å². The third-order valence-electron chi connectivity index (χ3n) is 5.03. The van der Waals surface area contributed by atoms with E-state index in [1.165, 1.54) is 0 Å². The van der Waals surface area contributed by atoms with Crippen LogP contribution < -0.4 is 16.4 Å². The van der Waals surface area contributed by atoms with Crippen LogP contribution in [0.3, 0.4) is 0 Å². The zero-order valence-corrected chi connectivity index (χ0v) is 13.2. The van der Waals surface area contributed by atoms with Crippen LogP contribution in [0.1, 0.15) is 40.7 Å². The van der Waals surface area contributed by atoms with E-state index < -0.39 is 6.04 Å². The van der Waals surface area contributed by atoms with E-state index >= 15 is 0 Å². The number of rotatable bonds is 4. The Bertz CT molecular complexity index is 733. The van der Waals surface area contributed by atoms with Gasteiger partial charge in [-0.05, 0) is 24.0 Å². The molecule has 2 fully saturated rings. The molecule has 126 valence electrons. The SMILES string of the molecule is NC1CC1NCc1cccc2c1C(=O)N(C1CCC(=O)NC1=O)C2. The van der Waals surface area contributed by atoms with Gasteiger partial charge in [-0.15, -0.1) is 0 Å². The number of piperidine rings is 1. The molecule has 24 heavy (non-hydrogen) atoms. The summed E-state index contributed by atoms with van der Waals surface area (Å²) in [4.78, 5) is 37.9. The van der Waals surface area contributed by atoms with Gasteiger partial charge in [-0.3, -0.25) is 19.7 Å². The molecule has 1 aliphatic carbocycles. The molecule has 2 heterocycles. The zero-order chi connectivity index (χ0) is 16.8. The third-order valence-corrected chi connectivity index (χ3v) is 5.03. The Morgan fingerprint density at radius 3 is 2.79 bits per heavy atom. The molecular weight excluding hydrogens is 308 g/mol. The van der Waals surface area contributed by atoms with Crippen LogP contribution in [0.2, 0.25) is 0 Å². The Kier molecular flexibility index (Phi) is 3.62. The van der Waals surface area contributed by atoms with Crippen molar-refractivity contribution in [1.29, 1.82) is 0 Å². The Balaban J connectivity index is 1.54. The number of benzene rings is 1. The summed E-state index contributed by atoms with van der Waals surface area (Å²) in [6, 6.07) is 5.75. The minimum absolute atomic E-state index is 0.128. The molecule has 0 radical (unpaired) electrons. The van der Waals surface area contributed by atoms with Gasteiger partial charge in [0.05, 0.1) is 0 Å². The summed E-state index contributed by atoms with van der Waals surface area (Å²) >= 11 is 0. The average Bonchev–Trinajstić information content (AvgIpc) is 3.15. The molecule has 0 bridgehead atoms. The Morgan fingerprint density at radius 2 is 2.08 bits per heavy atom. The monoisotopic (exact) mass is 328 g/mol. The number of amides is 3. The minimum Gasteiger partial charge on any atom is -0.326 e. The van der Waals surface area contributed by atoms with Gasteiger partial charge in [0.1, 0.15) is 6.04 Å². The molecule has 1 saturated carbocycles. The lowest BCUT2D eigenvalue weighted by Crippen LogP contribution is -2.52. The first kappa shape index (κ1) is 15.3. The Labute approximate surface area is 139 Å². The maximum atomic E-state index is 12.9. The van der Waals surface area contributed by atoms with Crippen molar-refractivity contribution in [1.82, 2.24) is 15.5 Å². The first-order valence-electron chi connectivity index (χ1n) is 8.29. The highest BCUT2D eigenvalue weighted by molar-refractivity contribution is 6.05. The number of carbonyl (C=O) groups is 3. The first-order chi connectivity index (χ1) is 11.5. The van der Waals surface area contributed by atoms with Gasteiger partial charge in [0.15, 0.2) is 0 Å². The van der Waals surface area contributed by atoms with E-state index in [9.17, 15) is 14.4 Å². The summed E-state index contributed by atoms with van der Waals surface area (Å²) in [5, 5.41) is 5.69. The smallest absolute Gasteiger partial charge is 0.255 e. The average molecular weight is 328 g/mol. The highest BCUT2D eigenvalue weighted by Crippen LogP contribution is 2.30. The highest BCUT2D eigenvalue weighted by Gasteiger charge is 2.40. The van der Waals surface area contributed by atoms with E-state index in [0.717, 1.165) is 17.5 Å². The topological polar surface area (TPSA) is 105 Å². The molecule has 1 saturated heterocycles. The summed E-state index contributed by atoms with van der Waals surface area (Å²) in [5.41, 5.74) is 8.36. The van der Waals surface area contributed by atoms with E-state index in [2.05, 4.69) is 10.6 Å². The number of nitrogens with two attached hydrogens (primary N) is 1. The molecule has 4 N–H and O–H groups in total. The summed E-state index contributed by atoms with van der Waals surface area (Å²) in [5.74, 6) is -0.779. The van der Waals surface area contributed by atoms with E-state index in [1.807, 2.05) is 18.2 Å². The van der Waals surface area contributed by atoms with E-state index in [1.54, 1.807) is 4.90 Å². The minimum atomic E-state index is -0.569. The lowest BCUT2D eigenvalue weighted by molar-refractivity contribution is -0.136. The number of hydrogen-bond donors (Lipinski definition) is 3. The van der Waals surface area contributed by atoms with Crippen molar-refractivity contribution in [2.75, 3.05) is 0 Å². The molecule has 2 aliphatic heterocycles. The van der Waals surface area contributed by atoms with Crippen molar-refractivity contribution in [3.63, 3.8) is 0 Å². The summed E-state index contributed by atoms with van der Waals surface area (Å²) in [6.07, 6.45) is 1.62. The molecule has 4 rings (SSSR count). The molecule has 3 atom stereocenters. The highest BCUT2D eigenvalue weighted by atomic mass is 16.2. The van der Waals surface area contributed by atoms with Gasteiger partial charge in [-0.25, -0.2) is 0 Å². The fourth-order valence-electron chi connectivity index (χ4n) is 3.53. The van der Waals surface area contributed by atoms with E-state index in [-0.39, 0.29) is 30.2 Å². The molecule has 7 heteroatoms. The lowest BCUT2D eigenvalue weighted by atomic mass is 10.0. The number of nitrogens with zero attached hydrogens (tertiary/aromatic N) is 1. The second-order valence-corrected chi connectivity index (χ2v) is 6.74.